The van der Waals surface area contributed by atoms with Gasteiger partial charge in [0.05, 0.1) is 29.7 Å². The maximum atomic E-state index is 5.54. The lowest BCUT2D eigenvalue weighted by atomic mass is 9.93. The van der Waals surface area contributed by atoms with E-state index in [0.29, 0.717) is 6.04 Å². The lowest BCUT2D eigenvalue weighted by molar-refractivity contribution is 0.461. The van der Waals surface area contributed by atoms with E-state index in [9.17, 15) is 0 Å². The SMILES string of the molecule is c1ccc2ncc(NC3CCCc4occc43)cc2c1. The van der Waals surface area contributed by atoms with Crippen LogP contribution in [-0.2, 0) is 6.42 Å². The topological polar surface area (TPSA) is 38.1 Å². The molecule has 2 heterocycles. The van der Waals surface area contributed by atoms with Crippen molar-refractivity contribution in [1.82, 2.24) is 4.98 Å². The first-order valence-electron chi connectivity index (χ1n) is 7.08. The molecular weight excluding hydrogens is 248 g/mol. The Kier molecular flexibility index (Phi) is 2.69. The van der Waals surface area contributed by atoms with Crippen molar-refractivity contribution in [2.24, 2.45) is 0 Å². The molecule has 1 N–H and O–H groups in total. The number of fused-ring (bicyclic) bond motifs is 2. The minimum atomic E-state index is 0.334. The van der Waals surface area contributed by atoms with Crippen LogP contribution >= 0.6 is 0 Å². The smallest absolute Gasteiger partial charge is 0.109 e. The van der Waals surface area contributed by atoms with Gasteiger partial charge in [0.15, 0.2) is 0 Å². The summed E-state index contributed by atoms with van der Waals surface area (Å²) in [6.07, 6.45) is 7.06. The molecule has 0 bridgehead atoms. The van der Waals surface area contributed by atoms with Crippen molar-refractivity contribution in [1.29, 1.82) is 0 Å². The Morgan fingerprint density at radius 3 is 3.15 bits per heavy atom. The molecule has 2 aromatic heterocycles. The van der Waals surface area contributed by atoms with Crippen LogP contribution in [0.3, 0.4) is 0 Å². The van der Waals surface area contributed by atoms with Crippen molar-refractivity contribution in [3.8, 4) is 0 Å². The number of rotatable bonds is 2. The van der Waals surface area contributed by atoms with E-state index in [1.807, 2.05) is 24.4 Å². The van der Waals surface area contributed by atoms with E-state index in [-0.39, 0.29) is 0 Å². The summed E-state index contributed by atoms with van der Waals surface area (Å²) < 4.78 is 5.54. The summed E-state index contributed by atoms with van der Waals surface area (Å²) in [5.74, 6) is 1.13. The van der Waals surface area contributed by atoms with Crippen molar-refractivity contribution in [3.63, 3.8) is 0 Å². The summed E-state index contributed by atoms with van der Waals surface area (Å²) >= 11 is 0. The van der Waals surface area contributed by atoms with Gasteiger partial charge in [-0.25, -0.2) is 0 Å². The molecule has 3 aromatic rings. The highest BCUT2D eigenvalue weighted by Crippen LogP contribution is 2.33. The molecule has 100 valence electrons. The quantitative estimate of drug-likeness (QED) is 0.749. The van der Waals surface area contributed by atoms with Gasteiger partial charge in [-0.2, -0.15) is 0 Å². The molecule has 4 rings (SSSR count). The molecule has 0 saturated carbocycles. The second-order valence-electron chi connectivity index (χ2n) is 5.30. The van der Waals surface area contributed by atoms with Crippen LogP contribution in [0.25, 0.3) is 10.9 Å². The highest BCUT2D eigenvalue weighted by molar-refractivity contribution is 5.81. The van der Waals surface area contributed by atoms with Gasteiger partial charge >= 0.3 is 0 Å². The lowest BCUT2D eigenvalue weighted by Gasteiger charge is -2.23. The fourth-order valence-electron chi connectivity index (χ4n) is 2.99. The summed E-state index contributed by atoms with van der Waals surface area (Å²) in [7, 11) is 0. The number of hydrogen-bond donors (Lipinski definition) is 1. The summed E-state index contributed by atoms with van der Waals surface area (Å²) in [6, 6.07) is 12.8. The van der Waals surface area contributed by atoms with Crippen molar-refractivity contribution in [2.75, 3.05) is 5.32 Å². The van der Waals surface area contributed by atoms with Crippen LogP contribution in [0.1, 0.15) is 30.2 Å². The van der Waals surface area contributed by atoms with E-state index in [1.165, 1.54) is 17.4 Å². The molecule has 0 amide bonds. The molecule has 0 fully saturated rings. The predicted molar refractivity (Wildman–Crippen MR) is 79.8 cm³/mol. The summed E-state index contributed by atoms with van der Waals surface area (Å²) in [4.78, 5) is 4.50. The van der Waals surface area contributed by atoms with Gasteiger partial charge in [0.1, 0.15) is 5.76 Å². The third kappa shape index (κ3) is 1.95. The molecular formula is C17H16N2O. The van der Waals surface area contributed by atoms with Gasteiger partial charge in [0.2, 0.25) is 0 Å². The number of benzene rings is 1. The van der Waals surface area contributed by atoms with E-state index in [1.54, 1.807) is 6.26 Å². The van der Waals surface area contributed by atoms with Crippen LogP contribution in [0, 0.1) is 0 Å². The van der Waals surface area contributed by atoms with E-state index >= 15 is 0 Å². The van der Waals surface area contributed by atoms with Gasteiger partial charge in [-0.15, -0.1) is 0 Å². The number of nitrogens with one attached hydrogen (secondary N) is 1. The van der Waals surface area contributed by atoms with Gasteiger partial charge < -0.3 is 9.73 Å². The molecule has 1 aromatic carbocycles. The molecule has 20 heavy (non-hydrogen) atoms. The van der Waals surface area contributed by atoms with Crippen LogP contribution < -0.4 is 5.32 Å². The Labute approximate surface area is 117 Å². The van der Waals surface area contributed by atoms with E-state index in [2.05, 4.69) is 28.5 Å². The largest absolute Gasteiger partial charge is 0.469 e. The Balaban J connectivity index is 1.65. The minimum absolute atomic E-state index is 0.334. The number of aromatic nitrogens is 1. The number of para-hydroxylation sites is 1. The van der Waals surface area contributed by atoms with Gasteiger partial charge in [0.25, 0.3) is 0 Å². The fraction of sp³-hybridized carbons (Fsp3) is 0.235. The number of anilines is 1. The fourth-order valence-corrected chi connectivity index (χ4v) is 2.99. The molecule has 1 aliphatic rings. The van der Waals surface area contributed by atoms with Crippen LogP contribution in [0.5, 0.6) is 0 Å². The Morgan fingerprint density at radius 1 is 1.20 bits per heavy atom. The minimum Gasteiger partial charge on any atom is -0.469 e. The zero-order valence-electron chi connectivity index (χ0n) is 11.2. The highest BCUT2D eigenvalue weighted by atomic mass is 16.3. The third-order valence-corrected chi connectivity index (χ3v) is 3.98. The number of furan rings is 1. The van der Waals surface area contributed by atoms with Crippen LogP contribution in [0.2, 0.25) is 0 Å². The second-order valence-corrected chi connectivity index (χ2v) is 5.30. The van der Waals surface area contributed by atoms with Crippen molar-refractivity contribution in [3.05, 3.63) is 60.2 Å². The molecule has 3 heteroatoms. The van der Waals surface area contributed by atoms with Crippen LogP contribution in [0.4, 0.5) is 5.69 Å². The Bertz CT molecular complexity index is 747. The summed E-state index contributed by atoms with van der Waals surface area (Å²) in [6.45, 7) is 0. The number of hydrogen-bond acceptors (Lipinski definition) is 3. The molecule has 0 radical (unpaired) electrons. The zero-order valence-corrected chi connectivity index (χ0v) is 11.2. The van der Waals surface area contributed by atoms with Crippen molar-refractivity contribution < 1.29 is 4.42 Å². The third-order valence-electron chi connectivity index (χ3n) is 3.98. The first kappa shape index (κ1) is 11.5. The lowest BCUT2D eigenvalue weighted by Crippen LogP contribution is -2.15. The molecule has 1 aliphatic carbocycles. The standard InChI is InChI=1S/C17H16N2O/c1-2-5-15-12(4-1)10-13(11-18-15)19-16-6-3-7-17-14(16)8-9-20-17/h1-2,4-5,8-11,16,19H,3,6-7H2. The average molecular weight is 264 g/mol. The molecule has 3 nitrogen and oxygen atoms in total. The predicted octanol–water partition coefficient (Wildman–Crippen LogP) is 4.32. The van der Waals surface area contributed by atoms with Crippen molar-refractivity contribution in [2.45, 2.75) is 25.3 Å². The van der Waals surface area contributed by atoms with E-state index in [0.717, 1.165) is 29.8 Å². The average Bonchev–Trinajstić information content (AvgIpc) is 2.97. The van der Waals surface area contributed by atoms with Gasteiger partial charge in [-0.1, -0.05) is 18.2 Å². The number of nitrogens with zero attached hydrogens (tertiary/aromatic N) is 1. The summed E-state index contributed by atoms with van der Waals surface area (Å²) in [5.41, 5.74) is 3.40. The van der Waals surface area contributed by atoms with E-state index < -0.39 is 0 Å². The van der Waals surface area contributed by atoms with Crippen LogP contribution in [0.15, 0.2) is 53.3 Å². The number of pyridine rings is 1. The normalized spacial score (nSPS) is 17.9. The molecule has 0 aliphatic heterocycles. The maximum Gasteiger partial charge on any atom is 0.109 e. The molecule has 1 unspecified atom stereocenters. The molecule has 1 atom stereocenters. The molecule has 0 spiro atoms. The second kappa shape index (κ2) is 4.67. The molecule has 0 saturated heterocycles. The maximum absolute atomic E-state index is 5.54. The Hall–Kier alpha value is -2.29. The zero-order chi connectivity index (χ0) is 13.4. The first-order chi connectivity index (χ1) is 9.90. The first-order valence-corrected chi connectivity index (χ1v) is 7.08. The Morgan fingerprint density at radius 2 is 2.15 bits per heavy atom. The van der Waals surface area contributed by atoms with Gasteiger partial charge in [-0.3, -0.25) is 4.98 Å². The van der Waals surface area contributed by atoms with Crippen LogP contribution in [-0.4, -0.2) is 4.98 Å². The number of aryl methyl sites for hydroxylation is 1. The van der Waals surface area contributed by atoms with Crippen molar-refractivity contribution >= 4 is 16.6 Å². The highest BCUT2D eigenvalue weighted by Gasteiger charge is 2.22. The van der Waals surface area contributed by atoms with E-state index in [4.69, 9.17) is 4.42 Å². The summed E-state index contributed by atoms with van der Waals surface area (Å²) in [5, 5.41) is 4.76. The van der Waals surface area contributed by atoms with Gasteiger partial charge in [-0.05, 0) is 31.0 Å². The monoisotopic (exact) mass is 264 g/mol. The van der Waals surface area contributed by atoms with Gasteiger partial charge in [0, 0.05) is 17.4 Å².